The van der Waals surface area contributed by atoms with Gasteiger partial charge in [-0.05, 0) is 42.5 Å². The Morgan fingerprint density at radius 3 is 2.43 bits per heavy atom. The summed E-state index contributed by atoms with van der Waals surface area (Å²) in [5.74, 6) is 0. The van der Waals surface area contributed by atoms with Crippen molar-refractivity contribution >= 4 is 59.8 Å². The molecule has 0 saturated heterocycles. The summed E-state index contributed by atoms with van der Waals surface area (Å²) in [6.07, 6.45) is 3.26. The first-order valence-electron chi connectivity index (χ1n) is 9.03. The number of fused-ring (bicyclic) bond motifs is 2. The highest BCUT2D eigenvalue weighted by Gasteiger charge is 2.16. The fourth-order valence-electron chi connectivity index (χ4n) is 3.17. The summed E-state index contributed by atoms with van der Waals surface area (Å²) in [4.78, 5) is 13.1. The van der Waals surface area contributed by atoms with E-state index >= 15 is 0 Å². The van der Waals surface area contributed by atoms with Crippen LogP contribution >= 0.6 is 11.3 Å². The molecule has 5 rings (SSSR count). The summed E-state index contributed by atoms with van der Waals surface area (Å²) in [5, 5.41) is 7.30. The largest absolute Gasteiger partial charge is 0.354 e. The third kappa shape index (κ3) is 3.44. The summed E-state index contributed by atoms with van der Waals surface area (Å²) >= 11 is 1.23. The summed E-state index contributed by atoms with van der Waals surface area (Å²) < 4.78 is 27.5. The average molecular weight is 434 g/mol. The van der Waals surface area contributed by atoms with Crippen LogP contribution in [0.2, 0.25) is 0 Å². The van der Waals surface area contributed by atoms with Gasteiger partial charge in [0.2, 0.25) is 0 Å². The molecule has 3 aromatic heterocycles. The predicted octanol–water partition coefficient (Wildman–Crippen LogP) is 4.78. The van der Waals surface area contributed by atoms with E-state index in [4.69, 9.17) is 0 Å². The van der Waals surface area contributed by atoms with Crippen molar-refractivity contribution in [2.45, 2.75) is 4.90 Å². The second-order valence-corrected chi connectivity index (χ2v) is 9.05. The average Bonchev–Trinajstić information content (AvgIpc) is 3.26. The number of pyridine rings is 2. The Hall–Kier alpha value is -3.56. The van der Waals surface area contributed by atoms with Crippen LogP contribution in [0.5, 0.6) is 0 Å². The summed E-state index contributed by atoms with van der Waals surface area (Å²) in [6.45, 7) is 0. The molecule has 7 nitrogen and oxygen atoms in total. The Bertz CT molecular complexity index is 1400. The molecule has 9 heteroatoms. The molecule has 0 unspecified atom stereocenters. The first-order chi connectivity index (χ1) is 14.6. The highest BCUT2D eigenvalue weighted by Crippen LogP contribution is 2.32. The topological polar surface area (TPSA) is 96.9 Å². The Kier molecular flexibility index (Phi) is 4.53. The lowest BCUT2D eigenvalue weighted by molar-refractivity contribution is 0.601. The highest BCUT2D eigenvalue weighted by molar-refractivity contribution is 7.93. The summed E-state index contributed by atoms with van der Waals surface area (Å²) in [5.41, 5.74) is 3.11. The molecule has 5 aromatic rings. The molecule has 0 radical (unpaired) electrons. The Morgan fingerprint density at radius 1 is 0.833 bits per heavy atom. The number of sulfonamides is 1. The van der Waals surface area contributed by atoms with Gasteiger partial charge in [-0.25, -0.2) is 23.4 Å². The first kappa shape index (κ1) is 18.5. The molecule has 0 saturated carbocycles. The molecule has 0 fully saturated rings. The molecule has 0 spiro atoms. The van der Waals surface area contributed by atoms with Gasteiger partial charge in [-0.3, -0.25) is 4.72 Å². The molecule has 148 valence electrons. The SMILES string of the molecule is O=S(=O)(Nc1nccs1)c1ccc(Nc2c3ccccc3nc3ncccc23)cc1. The van der Waals surface area contributed by atoms with Crippen molar-refractivity contribution in [3.8, 4) is 0 Å². The van der Waals surface area contributed by atoms with E-state index < -0.39 is 10.0 Å². The van der Waals surface area contributed by atoms with Crippen molar-refractivity contribution in [2.75, 3.05) is 10.0 Å². The predicted molar refractivity (Wildman–Crippen MR) is 120 cm³/mol. The smallest absolute Gasteiger partial charge is 0.263 e. The normalized spacial score (nSPS) is 11.6. The van der Waals surface area contributed by atoms with Gasteiger partial charge in [-0.1, -0.05) is 18.2 Å². The van der Waals surface area contributed by atoms with E-state index in [1.54, 1.807) is 42.0 Å². The minimum absolute atomic E-state index is 0.161. The van der Waals surface area contributed by atoms with Crippen molar-refractivity contribution in [1.29, 1.82) is 0 Å². The number of thiazole rings is 1. The Balaban J connectivity index is 1.51. The maximum absolute atomic E-state index is 12.5. The van der Waals surface area contributed by atoms with Gasteiger partial charge in [0, 0.05) is 34.2 Å². The number of benzene rings is 2. The zero-order valence-electron chi connectivity index (χ0n) is 15.5. The van der Waals surface area contributed by atoms with E-state index in [1.165, 1.54) is 11.3 Å². The number of para-hydroxylation sites is 1. The lowest BCUT2D eigenvalue weighted by Crippen LogP contribution is -2.12. The maximum atomic E-state index is 12.5. The van der Waals surface area contributed by atoms with Crippen molar-refractivity contribution < 1.29 is 8.42 Å². The highest BCUT2D eigenvalue weighted by atomic mass is 32.2. The third-order valence-electron chi connectivity index (χ3n) is 4.54. The third-order valence-corrected chi connectivity index (χ3v) is 6.72. The van der Waals surface area contributed by atoms with Crippen molar-refractivity contribution in [3.05, 3.63) is 78.4 Å². The van der Waals surface area contributed by atoms with Gasteiger partial charge in [-0.2, -0.15) is 0 Å². The zero-order valence-corrected chi connectivity index (χ0v) is 17.1. The Labute approximate surface area is 176 Å². The monoisotopic (exact) mass is 433 g/mol. The van der Waals surface area contributed by atoms with Crippen molar-refractivity contribution in [3.63, 3.8) is 0 Å². The molecule has 2 aromatic carbocycles. The number of aromatic nitrogens is 3. The van der Waals surface area contributed by atoms with Gasteiger partial charge in [-0.15, -0.1) is 11.3 Å². The van der Waals surface area contributed by atoms with Crippen LogP contribution < -0.4 is 10.0 Å². The zero-order chi connectivity index (χ0) is 20.6. The van der Waals surface area contributed by atoms with Gasteiger partial charge >= 0.3 is 0 Å². The quantitative estimate of drug-likeness (QED) is 0.387. The van der Waals surface area contributed by atoms with E-state index in [1.807, 2.05) is 36.4 Å². The van der Waals surface area contributed by atoms with E-state index in [0.717, 1.165) is 27.7 Å². The molecule has 0 amide bonds. The van der Waals surface area contributed by atoms with Crippen molar-refractivity contribution in [1.82, 2.24) is 15.0 Å². The van der Waals surface area contributed by atoms with Crippen LogP contribution in [0.15, 0.2) is 83.3 Å². The minimum atomic E-state index is -3.69. The van der Waals surface area contributed by atoms with E-state index in [9.17, 15) is 8.42 Å². The molecule has 30 heavy (non-hydrogen) atoms. The molecular formula is C21H15N5O2S2. The summed E-state index contributed by atoms with van der Waals surface area (Å²) in [6, 6.07) is 18.2. The minimum Gasteiger partial charge on any atom is -0.354 e. The standard InChI is InChI=1S/C21H15N5O2S2/c27-30(28,26-21-23-12-13-29-21)15-9-7-14(8-10-15)24-19-16-4-1-2-6-18(16)25-20-17(19)5-3-11-22-20/h1-13H,(H,23,26)(H,22,24,25). The lowest BCUT2D eigenvalue weighted by Gasteiger charge is -2.13. The molecule has 0 aliphatic heterocycles. The molecular weight excluding hydrogens is 418 g/mol. The van der Waals surface area contributed by atoms with Gasteiger partial charge in [0.1, 0.15) is 0 Å². The van der Waals surface area contributed by atoms with E-state index in [0.29, 0.717) is 10.8 Å². The van der Waals surface area contributed by atoms with Crippen LogP contribution in [0.4, 0.5) is 16.5 Å². The summed E-state index contributed by atoms with van der Waals surface area (Å²) in [7, 11) is -3.69. The van der Waals surface area contributed by atoms with E-state index in [2.05, 4.69) is 25.0 Å². The second-order valence-electron chi connectivity index (χ2n) is 6.47. The van der Waals surface area contributed by atoms with Gasteiger partial charge in [0.25, 0.3) is 10.0 Å². The number of nitrogens with one attached hydrogen (secondary N) is 2. The number of anilines is 3. The first-order valence-corrected chi connectivity index (χ1v) is 11.4. The van der Waals surface area contributed by atoms with Crippen LogP contribution in [-0.4, -0.2) is 23.4 Å². The number of hydrogen-bond donors (Lipinski definition) is 2. The fraction of sp³-hybridized carbons (Fsp3) is 0. The molecule has 3 heterocycles. The molecule has 2 N–H and O–H groups in total. The van der Waals surface area contributed by atoms with Crippen molar-refractivity contribution in [2.24, 2.45) is 0 Å². The molecule has 0 aliphatic carbocycles. The van der Waals surface area contributed by atoms with E-state index in [-0.39, 0.29) is 4.90 Å². The second kappa shape index (κ2) is 7.36. The number of nitrogens with zero attached hydrogens (tertiary/aromatic N) is 3. The lowest BCUT2D eigenvalue weighted by atomic mass is 10.1. The molecule has 0 aliphatic rings. The number of rotatable bonds is 5. The molecule has 0 bridgehead atoms. The van der Waals surface area contributed by atoms with Crippen LogP contribution in [-0.2, 0) is 10.0 Å². The van der Waals surface area contributed by atoms with Crippen LogP contribution in [0, 0.1) is 0 Å². The van der Waals surface area contributed by atoms with Crippen LogP contribution in [0.3, 0.4) is 0 Å². The van der Waals surface area contributed by atoms with Crippen LogP contribution in [0.1, 0.15) is 0 Å². The fourth-order valence-corrected chi connectivity index (χ4v) is 4.96. The maximum Gasteiger partial charge on any atom is 0.263 e. The van der Waals surface area contributed by atoms with Crippen LogP contribution in [0.25, 0.3) is 21.9 Å². The van der Waals surface area contributed by atoms with Gasteiger partial charge in [0.15, 0.2) is 10.8 Å². The Morgan fingerprint density at radius 2 is 1.63 bits per heavy atom. The number of hydrogen-bond acceptors (Lipinski definition) is 7. The van der Waals surface area contributed by atoms with Gasteiger partial charge < -0.3 is 5.32 Å². The molecule has 0 atom stereocenters. The van der Waals surface area contributed by atoms with Gasteiger partial charge in [0.05, 0.1) is 16.1 Å².